The molecular formula is C37H57BrN2O2S. The predicted molar refractivity (Wildman–Crippen MR) is 193 cm³/mol. The molecule has 6 heteroatoms. The van der Waals surface area contributed by atoms with Crippen molar-refractivity contribution in [3.05, 3.63) is 70.3 Å². The van der Waals surface area contributed by atoms with Gasteiger partial charge in [0.05, 0.1) is 18.9 Å². The van der Waals surface area contributed by atoms with Crippen LogP contribution in [-0.4, -0.2) is 23.3 Å². The first-order valence-corrected chi connectivity index (χ1v) is 17.5. The van der Waals surface area contributed by atoms with Gasteiger partial charge < -0.3 is 15.0 Å². The summed E-state index contributed by atoms with van der Waals surface area (Å²) in [5.41, 5.74) is 5.54. The monoisotopic (exact) mass is 672 g/mol. The molecular weight excluding hydrogens is 616 g/mol. The van der Waals surface area contributed by atoms with Crippen molar-refractivity contribution in [2.75, 3.05) is 17.8 Å². The molecule has 0 saturated heterocycles. The second-order valence-electron chi connectivity index (χ2n) is 13.0. The van der Waals surface area contributed by atoms with Gasteiger partial charge in [0.15, 0.2) is 0 Å². The van der Waals surface area contributed by atoms with Crippen molar-refractivity contribution >= 4 is 40.3 Å². The van der Waals surface area contributed by atoms with Gasteiger partial charge in [-0.2, -0.15) is 0 Å². The van der Waals surface area contributed by atoms with E-state index in [1.54, 1.807) is 0 Å². The van der Waals surface area contributed by atoms with E-state index in [2.05, 4.69) is 80.6 Å². The van der Waals surface area contributed by atoms with Crippen LogP contribution in [-0.2, 0) is 23.2 Å². The van der Waals surface area contributed by atoms with Crippen LogP contribution in [0.4, 0.5) is 5.69 Å². The van der Waals surface area contributed by atoms with Crippen molar-refractivity contribution in [2.45, 2.75) is 130 Å². The summed E-state index contributed by atoms with van der Waals surface area (Å²) in [4.78, 5) is 15.5. The lowest BCUT2D eigenvalue weighted by molar-refractivity contribution is -0.115. The first kappa shape index (κ1) is 37.3. The van der Waals surface area contributed by atoms with E-state index < -0.39 is 0 Å². The molecule has 0 spiro atoms. The summed E-state index contributed by atoms with van der Waals surface area (Å²) in [5, 5.41) is 5.33. The summed E-state index contributed by atoms with van der Waals surface area (Å²) in [6, 6.07) is 14.6. The number of ether oxygens (including phenoxy) is 1. The first-order chi connectivity index (χ1) is 20.3. The third kappa shape index (κ3) is 14.2. The number of unbranched alkanes of at least 4 members (excludes halogenated alkanes) is 11. The molecule has 1 heterocycles. The van der Waals surface area contributed by atoms with Crippen molar-refractivity contribution in [3.8, 4) is 5.75 Å². The average molecular weight is 674 g/mol. The van der Waals surface area contributed by atoms with E-state index in [1.807, 2.05) is 23.9 Å². The summed E-state index contributed by atoms with van der Waals surface area (Å²) in [6.07, 6.45) is 16.2. The molecule has 1 N–H and O–H groups in total. The van der Waals surface area contributed by atoms with Crippen molar-refractivity contribution in [1.82, 2.24) is 4.90 Å². The smallest absolute Gasteiger partial charge is 0.228 e. The third-order valence-corrected chi connectivity index (χ3v) is 9.08. The number of nitrogens with one attached hydrogen (secondary N) is 1. The lowest BCUT2D eigenvalue weighted by atomic mass is 9.86. The maximum Gasteiger partial charge on any atom is 0.228 e. The van der Waals surface area contributed by atoms with Gasteiger partial charge in [0.25, 0.3) is 0 Å². The SMILES string of the molecule is Br.CCCCCCCCCCCCCCOc1cc(C(C)(C)C)ccc1CC(=O)Nc1cccc(CN2CSC=C2C)c1. The number of thioether (sulfide) groups is 1. The number of rotatable bonds is 19. The van der Waals surface area contributed by atoms with Crippen LogP contribution in [0.15, 0.2) is 53.6 Å². The highest BCUT2D eigenvalue weighted by Gasteiger charge is 2.18. The summed E-state index contributed by atoms with van der Waals surface area (Å²) in [7, 11) is 0. The van der Waals surface area contributed by atoms with E-state index in [0.29, 0.717) is 13.0 Å². The molecule has 0 bridgehead atoms. The normalized spacial score (nSPS) is 13.0. The number of anilines is 1. The standard InChI is InChI=1S/C37H56N2O2S.BrH/c1-6-7-8-9-10-11-12-13-14-15-16-17-23-41-35-26-33(37(3,4)5)22-21-32(35)25-36(40)38-34-20-18-19-31(24-34)27-39-29-42-28-30(39)2;/h18-22,24,26,28H,6-17,23,25,27,29H2,1-5H3,(H,38,40);1H. The minimum absolute atomic E-state index is 0. The molecule has 0 atom stereocenters. The number of halogens is 1. The van der Waals surface area contributed by atoms with Gasteiger partial charge in [-0.15, -0.1) is 28.7 Å². The molecule has 0 saturated carbocycles. The molecule has 43 heavy (non-hydrogen) atoms. The van der Waals surface area contributed by atoms with Crippen LogP contribution in [0, 0.1) is 0 Å². The van der Waals surface area contributed by atoms with Gasteiger partial charge >= 0.3 is 0 Å². The molecule has 3 rings (SSSR count). The Morgan fingerprint density at radius 1 is 0.907 bits per heavy atom. The highest BCUT2D eigenvalue weighted by molar-refractivity contribution is 8.93. The lowest BCUT2D eigenvalue weighted by Crippen LogP contribution is -2.18. The van der Waals surface area contributed by atoms with E-state index in [9.17, 15) is 4.79 Å². The van der Waals surface area contributed by atoms with E-state index in [1.165, 1.54) is 87.5 Å². The largest absolute Gasteiger partial charge is 0.493 e. The highest BCUT2D eigenvalue weighted by Crippen LogP contribution is 2.30. The molecule has 0 unspecified atom stereocenters. The molecule has 1 aliphatic heterocycles. The Kier molecular flexibility index (Phi) is 17.5. The molecule has 0 radical (unpaired) electrons. The van der Waals surface area contributed by atoms with E-state index in [0.717, 1.165) is 35.8 Å². The number of amides is 1. The lowest BCUT2D eigenvalue weighted by Gasteiger charge is -2.22. The van der Waals surface area contributed by atoms with Crippen LogP contribution in [0.5, 0.6) is 5.75 Å². The Balaban J connectivity index is 0.00000645. The summed E-state index contributed by atoms with van der Waals surface area (Å²) < 4.78 is 6.33. The zero-order valence-corrected chi connectivity index (χ0v) is 30.0. The maximum atomic E-state index is 13.1. The van der Waals surface area contributed by atoms with Gasteiger partial charge in [-0.05, 0) is 53.5 Å². The number of benzene rings is 2. The second kappa shape index (κ2) is 20.2. The van der Waals surface area contributed by atoms with Gasteiger partial charge in [-0.1, -0.05) is 123 Å². The van der Waals surface area contributed by atoms with Crippen molar-refractivity contribution < 1.29 is 9.53 Å². The van der Waals surface area contributed by atoms with Gasteiger partial charge in [0.2, 0.25) is 5.91 Å². The van der Waals surface area contributed by atoms with E-state index in [-0.39, 0.29) is 28.3 Å². The van der Waals surface area contributed by atoms with Crippen LogP contribution in [0.2, 0.25) is 0 Å². The Labute approximate surface area is 277 Å². The van der Waals surface area contributed by atoms with Gasteiger partial charge in [0, 0.05) is 23.5 Å². The minimum Gasteiger partial charge on any atom is -0.493 e. The minimum atomic E-state index is -0.0151. The Bertz CT molecular complexity index is 1130. The van der Waals surface area contributed by atoms with Crippen LogP contribution in [0.1, 0.15) is 128 Å². The first-order valence-electron chi connectivity index (χ1n) is 16.4. The Morgan fingerprint density at radius 3 is 2.16 bits per heavy atom. The fourth-order valence-electron chi connectivity index (χ4n) is 5.37. The average Bonchev–Trinajstić information content (AvgIpc) is 3.35. The zero-order chi connectivity index (χ0) is 30.2. The number of carbonyl (C=O) groups is 1. The molecule has 2 aromatic carbocycles. The predicted octanol–water partition coefficient (Wildman–Crippen LogP) is 11.2. The Morgan fingerprint density at radius 2 is 1.56 bits per heavy atom. The molecule has 240 valence electrons. The van der Waals surface area contributed by atoms with Crippen molar-refractivity contribution in [2.24, 2.45) is 0 Å². The van der Waals surface area contributed by atoms with Crippen LogP contribution in [0.25, 0.3) is 0 Å². The molecule has 0 aromatic heterocycles. The van der Waals surface area contributed by atoms with Crippen molar-refractivity contribution in [1.29, 1.82) is 0 Å². The number of nitrogens with zero attached hydrogens (tertiary/aromatic N) is 1. The molecule has 2 aromatic rings. The Hall–Kier alpha value is -1.92. The van der Waals surface area contributed by atoms with E-state index >= 15 is 0 Å². The summed E-state index contributed by atoms with van der Waals surface area (Å²) in [6.45, 7) is 12.6. The van der Waals surface area contributed by atoms with Crippen LogP contribution >= 0.6 is 28.7 Å². The van der Waals surface area contributed by atoms with Gasteiger partial charge in [-0.25, -0.2) is 0 Å². The quantitative estimate of drug-likeness (QED) is 0.151. The highest BCUT2D eigenvalue weighted by atomic mass is 79.9. The topological polar surface area (TPSA) is 41.6 Å². The van der Waals surface area contributed by atoms with Gasteiger partial charge in [0.1, 0.15) is 5.75 Å². The number of hydrogen-bond donors (Lipinski definition) is 1. The van der Waals surface area contributed by atoms with Crippen LogP contribution < -0.4 is 10.1 Å². The van der Waals surface area contributed by atoms with Crippen molar-refractivity contribution in [3.63, 3.8) is 0 Å². The van der Waals surface area contributed by atoms with Crippen LogP contribution in [0.3, 0.4) is 0 Å². The molecule has 1 aliphatic rings. The zero-order valence-electron chi connectivity index (χ0n) is 27.5. The van der Waals surface area contributed by atoms with Gasteiger partial charge in [-0.3, -0.25) is 4.79 Å². The number of carbonyl (C=O) groups excluding carboxylic acids is 1. The molecule has 4 nitrogen and oxygen atoms in total. The molecule has 0 aliphatic carbocycles. The molecule has 1 amide bonds. The summed E-state index contributed by atoms with van der Waals surface area (Å²) in [5.74, 6) is 1.82. The fourth-order valence-corrected chi connectivity index (χ4v) is 6.31. The second-order valence-corrected chi connectivity index (χ2v) is 13.8. The number of allylic oxidation sites excluding steroid dienone is 1. The molecule has 0 fully saturated rings. The number of hydrogen-bond acceptors (Lipinski definition) is 4. The fraction of sp³-hybridized carbons (Fsp3) is 0.595. The third-order valence-electron chi connectivity index (χ3n) is 8.11. The van der Waals surface area contributed by atoms with E-state index in [4.69, 9.17) is 4.74 Å². The maximum absolute atomic E-state index is 13.1. The summed E-state index contributed by atoms with van der Waals surface area (Å²) >= 11 is 1.83.